The fourth-order valence-corrected chi connectivity index (χ4v) is 2.14. The predicted molar refractivity (Wildman–Crippen MR) is 72.1 cm³/mol. The molecule has 0 fully saturated rings. The van der Waals surface area contributed by atoms with Gasteiger partial charge in [-0.1, -0.05) is 10.3 Å². The second-order valence-electron chi connectivity index (χ2n) is 4.79. The predicted octanol–water partition coefficient (Wildman–Crippen LogP) is 1.39. The quantitative estimate of drug-likeness (QED) is 0.844. The van der Waals surface area contributed by atoms with E-state index in [9.17, 15) is 4.79 Å². The van der Waals surface area contributed by atoms with Crippen LogP contribution in [0.3, 0.4) is 0 Å². The van der Waals surface area contributed by atoms with Gasteiger partial charge in [0.25, 0.3) is 5.91 Å². The van der Waals surface area contributed by atoms with Crippen molar-refractivity contribution in [2.24, 2.45) is 7.05 Å². The molecule has 0 aromatic carbocycles. The number of amides is 1. The highest BCUT2D eigenvalue weighted by Gasteiger charge is 2.23. The van der Waals surface area contributed by atoms with Gasteiger partial charge in [-0.05, 0) is 27.7 Å². The van der Waals surface area contributed by atoms with Gasteiger partial charge in [0.05, 0.1) is 17.8 Å². The molecule has 2 rings (SSSR count). The molecular formula is C13H19N5O2. The van der Waals surface area contributed by atoms with Crippen molar-refractivity contribution in [3.8, 4) is 0 Å². The molecule has 108 valence electrons. The maximum Gasteiger partial charge on any atom is 0.257 e. The Balaban J connectivity index is 2.28. The Kier molecular flexibility index (Phi) is 3.87. The summed E-state index contributed by atoms with van der Waals surface area (Å²) in [5.41, 5.74) is 3.64. The number of hydrogen-bond acceptors (Lipinski definition) is 5. The minimum Gasteiger partial charge on any atom is -0.333 e. The molecule has 2 aromatic heterocycles. The van der Waals surface area contributed by atoms with Crippen molar-refractivity contribution in [2.75, 3.05) is 6.54 Å². The molecular weight excluding hydrogens is 258 g/mol. The molecule has 7 nitrogen and oxygen atoms in total. The molecule has 1 amide bonds. The van der Waals surface area contributed by atoms with Gasteiger partial charge in [0.15, 0.2) is 0 Å². The average Bonchev–Trinajstić information content (AvgIpc) is 2.91. The van der Waals surface area contributed by atoms with E-state index in [-0.39, 0.29) is 5.91 Å². The topological polar surface area (TPSA) is 77.1 Å². The molecule has 2 heterocycles. The number of nitrogens with zero attached hydrogens (tertiary/aromatic N) is 5. The first kappa shape index (κ1) is 14.2. The van der Waals surface area contributed by atoms with Crippen molar-refractivity contribution >= 4 is 5.91 Å². The maximum absolute atomic E-state index is 12.7. The smallest absolute Gasteiger partial charge is 0.257 e. The molecule has 0 atom stereocenters. The first-order valence-electron chi connectivity index (χ1n) is 6.53. The third kappa shape index (κ3) is 2.43. The molecule has 0 saturated carbocycles. The van der Waals surface area contributed by atoms with Crippen molar-refractivity contribution in [1.29, 1.82) is 0 Å². The van der Waals surface area contributed by atoms with Gasteiger partial charge in [0.1, 0.15) is 11.4 Å². The van der Waals surface area contributed by atoms with Gasteiger partial charge in [-0.2, -0.15) is 5.10 Å². The summed E-state index contributed by atoms with van der Waals surface area (Å²) >= 11 is 0. The molecule has 0 aliphatic carbocycles. The molecule has 0 aliphatic heterocycles. The zero-order valence-corrected chi connectivity index (χ0v) is 12.5. The van der Waals surface area contributed by atoms with Gasteiger partial charge in [-0.15, -0.1) is 0 Å². The molecule has 0 spiro atoms. The number of rotatable bonds is 4. The molecule has 20 heavy (non-hydrogen) atoms. The lowest BCUT2D eigenvalue weighted by Crippen LogP contribution is -2.31. The number of hydrogen-bond donors (Lipinski definition) is 0. The summed E-state index contributed by atoms with van der Waals surface area (Å²) in [5.74, 6) is -0.0435. The Morgan fingerprint density at radius 1 is 1.25 bits per heavy atom. The van der Waals surface area contributed by atoms with Gasteiger partial charge in [0.2, 0.25) is 0 Å². The highest BCUT2D eigenvalue weighted by molar-refractivity contribution is 5.96. The van der Waals surface area contributed by atoms with Crippen LogP contribution in [0.1, 0.15) is 40.1 Å². The second-order valence-corrected chi connectivity index (χ2v) is 4.79. The normalized spacial score (nSPS) is 10.8. The van der Waals surface area contributed by atoms with Crippen LogP contribution in [0.2, 0.25) is 0 Å². The summed E-state index contributed by atoms with van der Waals surface area (Å²) in [7, 11) is 1.83. The van der Waals surface area contributed by atoms with Crippen LogP contribution in [0, 0.1) is 20.8 Å². The molecule has 0 N–H and O–H groups in total. The molecule has 0 unspecified atom stereocenters. The van der Waals surface area contributed by atoms with Gasteiger partial charge >= 0.3 is 0 Å². The van der Waals surface area contributed by atoms with Crippen molar-refractivity contribution in [3.63, 3.8) is 0 Å². The monoisotopic (exact) mass is 277 g/mol. The van der Waals surface area contributed by atoms with E-state index in [1.807, 2.05) is 34.7 Å². The number of aromatic nitrogens is 4. The highest BCUT2D eigenvalue weighted by Crippen LogP contribution is 2.16. The van der Waals surface area contributed by atoms with Crippen LogP contribution in [-0.2, 0) is 13.6 Å². The fraction of sp³-hybridized carbons (Fsp3) is 0.538. The van der Waals surface area contributed by atoms with Crippen molar-refractivity contribution in [1.82, 2.24) is 25.0 Å². The number of carbonyl (C=O) groups excluding carboxylic acids is 1. The lowest BCUT2D eigenvalue weighted by atomic mass is 10.1. The van der Waals surface area contributed by atoms with Crippen LogP contribution >= 0.6 is 0 Å². The second kappa shape index (κ2) is 5.44. The Labute approximate surface area is 117 Å². The zero-order chi connectivity index (χ0) is 14.9. The lowest BCUT2D eigenvalue weighted by Gasteiger charge is -2.19. The van der Waals surface area contributed by atoms with Crippen molar-refractivity contribution < 1.29 is 9.42 Å². The standard InChI is InChI=1S/C13H19N5O2/c1-6-18(7-11-8(2)15-20-16-11)13(19)12-9(3)14-17(5)10(12)4/h6-7H2,1-5H3. The van der Waals surface area contributed by atoms with E-state index in [1.54, 1.807) is 9.58 Å². The molecule has 0 bridgehead atoms. The summed E-state index contributed by atoms with van der Waals surface area (Å²) in [4.78, 5) is 14.4. The third-order valence-electron chi connectivity index (χ3n) is 3.48. The Bertz CT molecular complexity index is 629. The van der Waals surface area contributed by atoms with E-state index in [1.165, 1.54) is 0 Å². The Morgan fingerprint density at radius 2 is 1.95 bits per heavy atom. The van der Waals surface area contributed by atoms with E-state index in [2.05, 4.69) is 20.0 Å². The zero-order valence-electron chi connectivity index (χ0n) is 12.5. The van der Waals surface area contributed by atoms with Gasteiger partial charge in [0, 0.05) is 19.3 Å². The minimum absolute atomic E-state index is 0.0435. The highest BCUT2D eigenvalue weighted by atomic mass is 16.6. The maximum atomic E-state index is 12.7. The van der Waals surface area contributed by atoms with E-state index in [0.717, 1.165) is 11.4 Å². The van der Waals surface area contributed by atoms with Crippen LogP contribution in [0.4, 0.5) is 0 Å². The summed E-state index contributed by atoms with van der Waals surface area (Å²) in [5, 5.41) is 11.8. The minimum atomic E-state index is -0.0435. The largest absolute Gasteiger partial charge is 0.333 e. The molecule has 2 aromatic rings. The van der Waals surface area contributed by atoms with Crippen LogP contribution in [0.15, 0.2) is 4.63 Å². The molecule has 0 aliphatic rings. The van der Waals surface area contributed by atoms with Crippen molar-refractivity contribution in [3.05, 3.63) is 28.3 Å². The first-order valence-corrected chi connectivity index (χ1v) is 6.53. The Hall–Kier alpha value is -2.18. The van der Waals surface area contributed by atoms with E-state index >= 15 is 0 Å². The van der Waals surface area contributed by atoms with Gasteiger partial charge in [-0.3, -0.25) is 9.48 Å². The third-order valence-corrected chi connectivity index (χ3v) is 3.48. The molecule has 0 radical (unpaired) electrons. The van der Waals surface area contributed by atoms with Crippen LogP contribution in [0.5, 0.6) is 0 Å². The SMILES string of the molecule is CCN(Cc1nonc1C)C(=O)c1c(C)nn(C)c1C. The lowest BCUT2D eigenvalue weighted by molar-refractivity contribution is 0.0747. The van der Waals surface area contributed by atoms with Crippen LogP contribution in [0.25, 0.3) is 0 Å². The molecule has 7 heteroatoms. The van der Waals surface area contributed by atoms with Crippen molar-refractivity contribution in [2.45, 2.75) is 34.2 Å². The van der Waals surface area contributed by atoms with E-state index in [4.69, 9.17) is 0 Å². The number of carbonyl (C=O) groups is 1. The summed E-state index contributed by atoms with van der Waals surface area (Å²) in [6, 6.07) is 0. The van der Waals surface area contributed by atoms with Crippen LogP contribution in [-0.4, -0.2) is 37.4 Å². The summed E-state index contributed by atoms with van der Waals surface area (Å²) in [6.45, 7) is 8.45. The van der Waals surface area contributed by atoms with Crippen LogP contribution < -0.4 is 0 Å². The van der Waals surface area contributed by atoms with E-state index in [0.29, 0.717) is 30.0 Å². The first-order chi connectivity index (χ1) is 9.45. The summed E-state index contributed by atoms with van der Waals surface area (Å²) in [6.07, 6.45) is 0. The summed E-state index contributed by atoms with van der Waals surface area (Å²) < 4.78 is 6.39. The average molecular weight is 277 g/mol. The Morgan fingerprint density at radius 3 is 2.40 bits per heavy atom. The van der Waals surface area contributed by atoms with E-state index < -0.39 is 0 Å². The number of aryl methyl sites for hydroxylation is 3. The van der Waals surface area contributed by atoms with Gasteiger partial charge in [-0.25, -0.2) is 4.63 Å². The fourth-order valence-electron chi connectivity index (χ4n) is 2.14. The molecule has 0 saturated heterocycles. The van der Waals surface area contributed by atoms with Gasteiger partial charge < -0.3 is 4.90 Å².